The number of hydrogen-bond acceptors (Lipinski definition) is 1. The molecule has 0 atom stereocenters. The Balaban J connectivity index is 1.62. The van der Waals surface area contributed by atoms with E-state index in [9.17, 15) is 0 Å². The van der Waals surface area contributed by atoms with Crippen LogP contribution in [0.5, 0.6) is 0 Å². The van der Waals surface area contributed by atoms with Crippen molar-refractivity contribution in [2.24, 2.45) is 4.99 Å². The molecule has 0 fully saturated rings. The van der Waals surface area contributed by atoms with Crippen LogP contribution in [0, 0.1) is 5.92 Å². The van der Waals surface area contributed by atoms with Gasteiger partial charge < -0.3 is 0 Å². The van der Waals surface area contributed by atoms with Crippen molar-refractivity contribution >= 4 is 12.3 Å². The third-order valence-corrected chi connectivity index (χ3v) is 5.80. The summed E-state index contributed by atoms with van der Waals surface area (Å²) in [5.74, 6) is 1.36. The fraction of sp³-hybridized carbons (Fsp3) is 0.154. The largest absolute Gasteiger partial charge is 0.256 e. The molecule has 0 saturated heterocycles. The molecule has 0 saturated carbocycles. The topological polar surface area (TPSA) is 12.4 Å². The Morgan fingerprint density at radius 2 is 1.67 bits per heavy atom. The fourth-order valence-electron chi connectivity index (χ4n) is 4.44. The van der Waals surface area contributed by atoms with E-state index < -0.39 is 0 Å². The highest BCUT2D eigenvalue weighted by Crippen LogP contribution is 2.50. The number of aryl methyl sites for hydroxylation is 1. The number of hydrogen-bond donors (Lipinski definition) is 0. The summed E-state index contributed by atoms with van der Waals surface area (Å²) < 4.78 is 0. The maximum absolute atomic E-state index is 4.50. The van der Waals surface area contributed by atoms with Crippen LogP contribution >= 0.6 is 0 Å². The average Bonchev–Trinajstić information content (AvgIpc) is 3.34. The molecule has 131 valence electrons. The van der Waals surface area contributed by atoms with Crippen molar-refractivity contribution in [1.82, 2.24) is 0 Å². The summed E-state index contributed by atoms with van der Waals surface area (Å²) in [6, 6.07) is 15.7. The van der Waals surface area contributed by atoms with Crippen LogP contribution in [0.15, 0.2) is 87.6 Å². The van der Waals surface area contributed by atoms with Gasteiger partial charge in [0.15, 0.2) is 0 Å². The van der Waals surface area contributed by atoms with Gasteiger partial charge in [-0.15, -0.1) is 0 Å². The van der Waals surface area contributed by atoms with Gasteiger partial charge in [0, 0.05) is 11.8 Å². The lowest BCUT2D eigenvalue weighted by molar-refractivity contribution is 1.14. The van der Waals surface area contributed by atoms with Crippen LogP contribution in [0.2, 0.25) is 0 Å². The molecule has 1 heteroatoms. The van der Waals surface area contributed by atoms with Crippen LogP contribution < -0.4 is 0 Å². The molecule has 27 heavy (non-hydrogen) atoms. The molecule has 1 radical (unpaired) electrons. The van der Waals surface area contributed by atoms with Gasteiger partial charge >= 0.3 is 0 Å². The highest BCUT2D eigenvalue weighted by atomic mass is 14.8. The molecular formula is C26H22N. The summed E-state index contributed by atoms with van der Waals surface area (Å²) in [5.41, 5.74) is 13.0. The first-order valence-corrected chi connectivity index (χ1v) is 9.63. The summed E-state index contributed by atoms with van der Waals surface area (Å²) in [7, 11) is 0. The van der Waals surface area contributed by atoms with E-state index in [1.165, 1.54) is 56.0 Å². The van der Waals surface area contributed by atoms with Gasteiger partial charge in [0.2, 0.25) is 0 Å². The Morgan fingerprint density at radius 3 is 2.44 bits per heavy atom. The molecule has 0 bridgehead atoms. The van der Waals surface area contributed by atoms with E-state index in [2.05, 4.69) is 86.5 Å². The minimum Gasteiger partial charge on any atom is -0.256 e. The van der Waals surface area contributed by atoms with E-state index in [0.29, 0.717) is 0 Å². The van der Waals surface area contributed by atoms with E-state index in [1.54, 1.807) is 0 Å². The van der Waals surface area contributed by atoms with Crippen molar-refractivity contribution in [3.05, 3.63) is 105 Å². The Hall–Kier alpha value is -2.93. The van der Waals surface area contributed by atoms with Gasteiger partial charge in [0.1, 0.15) is 0 Å². The van der Waals surface area contributed by atoms with Gasteiger partial charge in [-0.3, -0.25) is 4.99 Å². The maximum Gasteiger partial charge on any atom is 0.0708 e. The summed E-state index contributed by atoms with van der Waals surface area (Å²) in [5, 5.41) is 0. The second-order valence-electron chi connectivity index (χ2n) is 7.47. The second-order valence-corrected chi connectivity index (χ2v) is 7.47. The zero-order valence-corrected chi connectivity index (χ0v) is 16.0. The van der Waals surface area contributed by atoms with Crippen LogP contribution in [-0.4, -0.2) is 6.21 Å². The first-order chi connectivity index (χ1) is 13.2. The Morgan fingerprint density at radius 1 is 0.889 bits per heavy atom. The molecule has 0 amide bonds. The molecule has 5 rings (SSSR count). The first kappa shape index (κ1) is 16.3. The molecule has 0 unspecified atom stereocenters. The smallest absolute Gasteiger partial charge is 0.0708 e. The monoisotopic (exact) mass is 348 g/mol. The Labute approximate surface area is 161 Å². The van der Waals surface area contributed by atoms with Crippen molar-refractivity contribution in [3.8, 4) is 11.1 Å². The van der Waals surface area contributed by atoms with Crippen molar-refractivity contribution in [2.45, 2.75) is 27.2 Å². The number of benzene rings is 2. The van der Waals surface area contributed by atoms with Gasteiger partial charge in [-0.1, -0.05) is 61.0 Å². The normalized spacial score (nSPS) is 17.8. The number of nitrogens with zero attached hydrogens (tertiary/aromatic N) is 1. The van der Waals surface area contributed by atoms with Crippen LogP contribution in [0.1, 0.15) is 37.5 Å². The Kier molecular flexibility index (Phi) is 3.65. The van der Waals surface area contributed by atoms with Crippen molar-refractivity contribution in [1.29, 1.82) is 0 Å². The molecule has 0 spiro atoms. The van der Waals surface area contributed by atoms with Crippen LogP contribution in [0.3, 0.4) is 0 Å². The third-order valence-electron chi connectivity index (χ3n) is 5.80. The van der Waals surface area contributed by atoms with E-state index in [0.717, 1.165) is 12.1 Å². The molecule has 1 aliphatic heterocycles. The molecule has 1 nitrogen and oxygen atoms in total. The number of rotatable bonds is 3. The minimum absolute atomic E-state index is 1.07. The predicted molar refractivity (Wildman–Crippen MR) is 115 cm³/mol. The second kappa shape index (κ2) is 6.06. The highest BCUT2D eigenvalue weighted by molar-refractivity contribution is 5.92. The van der Waals surface area contributed by atoms with Gasteiger partial charge in [0.25, 0.3) is 0 Å². The third kappa shape index (κ3) is 2.42. The van der Waals surface area contributed by atoms with Crippen molar-refractivity contribution in [3.63, 3.8) is 0 Å². The number of fused-ring (bicyclic) bond motifs is 2. The summed E-state index contributed by atoms with van der Waals surface area (Å²) >= 11 is 0. The molecule has 1 heterocycles. The van der Waals surface area contributed by atoms with Gasteiger partial charge in [-0.2, -0.15) is 0 Å². The summed E-state index contributed by atoms with van der Waals surface area (Å²) in [4.78, 5) is 4.50. The van der Waals surface area contributed by atoms with Gasteiger partial charge in [0.05, 0.1) is 11.6 Å². The summed E-state index contributed by atoms with van der Waals surface area (Å²) in [6.45, 7) is 6.63. The first-order valence-electron chi connectivity index (χ1n) is 9.63. The van der Waals surface area contributed by atoms with Crippen molar-refractivity contribution in [2.75, 3.05) is 0 Å². The predicted octanol–water partition coefficient (Wildman–Crippen LogP) is 6.48. The van der Waals surface area contributed by atoms with Crippen LogP contribution in [-0.2, 0) is 6.42 Å². The fourth-order valence-corrected chi connectivity index (χ4v) is 4.44. The zero-order valence-electron chi connectivity index (χ0n) is 16.0. The van der Waals surface area contributed by atoms with E-state index >= 15 is 0 Å². The van der Waals surface area contributed by atoms with E-state index in [-0.39, 0.29) is 0 Å². The lowest BCUT2D eigenvalue weighted by Gasteiger charge is -2.19. The zero-order chi connectivity index (χ0) is 18.5. The molecule has 3 aliphatic rings. The summed E-state index contributed by atoms with van der Waals surface area (Å²) in [6.07, 6.45) is 9.68. The van der Waals surface area contributed by atoms with E-state index in [1.807, 2.05) is 6.21 Å². The highest BCUT2D eigenvalue weighted by Gasteiger charge is 2.34. The molecule has 2 aliphatic carbocycles. The number of aliphatic imine (C=N–C) groups is 1. The quantitative estimate of drug-likeness (QED) is 0.602. The SMILES string of the molecule is CCc1ccc(-c2cccc3c2C=C(C)[C]3C2=C(C)C=C3N=CC=C32)cc1. The lowest BCUT2D eigenvalue weighted by Crippen LogP contribution is -2.05. The molecule has 0 aromatic heterocycles. The molecule has 2 aromatic rings. The minimum atomic E-state index is 1.07. The molecule has 0 N–H and O–H groups in total. The van der Waals surface area contributed by atoms with E-state index in [4.69, 9.17) is 0 Å². The maximum atomic E-state index is 4.50. The number of allylic oxidation sites excluding steroid dienone is 5. The van der Waals surface area contributed by atoms with Crippen molar-refractivity contribution < 1.29 is 0 Å². The Bertz CT molecular complexity index is 1100. The molecular weight excluding hydrogens is 326 g/mol. The van der Waals surface area contributed by atoms with Gasteiger partial charge in [-0.25, -0.2) is 0 Å². The van der Waals surface area contributed by atoms with Crippen LogP contribution in [0.4, 0.5) is 0 Å². The average molecular weight is 348 g/mol. The van der Waals surface area contributed by atoms with Crippen LogP contribution in [0.25, 0.3) is 17.2 Å². The lowest BCUT2D eigenvalue weighted by atomic mass is 9.83. The standard InChI is InChI=1S/C26H22N/c1-4-18-8-10-19(11-9-18)20-6-5-7-21-23(20)14-16(2)25(21)26-17(3)15-24-22(26)12-13-27-24/h5-15H,4H2,1-3H3. The van der Waals surface area contributed by atoms with Gasteiger partial charge in [-0.05, 0) is 71.4 Å². The molecule has 2 aromatic carbocycles.